The number of amides is 1. The Bertz CT molecular complexity index is 1050. The molecule has 1 aromatic carbocycles. The molecular weight excluding hydrogens is 394 g/mol. The van der Waals surface area contributed by atoms with Crippen LogP contribution in [-0.4, -0.2) is 33.6 Å². The second-order valence-corrected chi connectivity index (χ2v) is 8.91. The first-order chi connectivity index (χ1) is 13.2. The van der Waals surface area contributed by atoms with Crippen LogP contribution in [0.1, 0.15) is 4.88 Å². The Kier molecular flexibility index (Phi) is 5.52. The Labute approximate surface area is 169 Å². The highest BCUT2D eigenvalue weighted by molar-refractivity contribution is 8.00. The fraction of sp³-hybridized carbons (Fsp3) is 0.150. The van der Waals surface area contributed by atoms with Gasteiger partial charge >= 0.3 is 0 Å². The van der Waals surface area contributed by atoms with Crippen LogP contribution >= 0.6 is 34.4 Å². The summed E-state index contributed by atoms with van der Waals surface area (Å²) in [5, 5.41) is 5.88. The van der Waals surface area contributed by atoms with Crippen LogP contribution in [0.4, 0.5) is 0 Å². The van der Waals surface area contributed by atoms with Crippen LogP contribution in [0.25, 0.3) is 21.6 Å². The largest absolute Gasteiger partial charge is 0.340 e. The van der Waals surface area contributed by atoms with E-state index in [0.717, 1.165) is 20.8 Å². The maximum atomic E-state index is 12.6. The van der Waals surface area contributed by atoms with Crippen molar-refractivity contribution in [1.29, 1.82) is 0 Å². The van der Waals surface area contributed by atoms with Crippen molar-refractivity contribution in [3.05, 3.63) is 64.2 Å². The van der Waals surface area contributed by atoms with E-state index in [1.807, 2.05) is 66.3 Å². The summed E-state index contributed by atoms with van der Waals surface area (Å²) in [4.78, 5) is 26.0. The number of thiophene rings is 2. The topological polar surface area (TPSA) is 46.1 Å². The van der Waals surface area contributed by atoms with E-state index in [2.05, 4.69) is 4.98 Å². The number of thioether (sulfide) groups is 1. The second kappa shape index (κ2) is 8.21. The number of hydrogen-bond acceptors (Lipinski definition) is 6. The smallest absolute Gasteiger partial charge is 0.233 e. The summed E-state index contributed by atoms with van der Waals surface area (Å²) < 4.78 is 0. The molecule has 0 radical (unpaired) electrons. The highest BCUT2D eigenvalue weighted by Crippen LogP contribution is 2.30. The number of hydrogen-bond donors (Lipinski definition) is 0. The summed E-state index contributed by atoms with van der Waals surface area (Å²) in [6.45, 7) is 0.641. The summed E-state index contributed by atoms with van der Waals surface area (Å²) in [5.41, 5.74) is 0.901. The lowest BCUT2D eigenvalue weighted by Crippen LogP contribution is -2.27. The third-order valence-electron chi connectivity index (χ3n) is 4.04. The molecule has 4 rings (SSSR count). The third-order valence-corrected chi connectivity index (χ3v) is 6.74. The lowest BCUT2D eigenvalue weighted by Gasteiger charge is -2.16. The summed E-state index contributed by atoms with van der Waals surface area (Å²) in [6.07, 6.45) is 0. The maximum absolute atomic E-state index is 12.6. The van der Waals surface area contributed by atoms with Crippen molar-refractivity contribution < 1.29 is 4.79 Å². The number of carbonyl (C=O) groups excluding carboxylic acids is 1. The van der Waals surface area contributed by atoms with Crippen molar-refractivity contribution in [2.75, 3.05) is 12.8 Å². The second-order valence-electron chi connectivity index (χ2n) is 5.96. The molecule has 0 N–H and O–H groups in total. The standard InChI is InChI=1S/C20H17N3OS3/c1-23(12-14-6-4-10-25-14)18(24)13-27-20-15-7-2-3-8-16(15)21-19(22-20)17-9-5-11-26-17/h2-11H,12-13H2,1H3. The van der Waals surface area contributed by atoms with Gasteiger partial charge in [-0.25, -0.2) is 9.97 Å². The van der Waals surface area contributed by atoms with Crippen molar-refractivity contribution in [2.24, 2.45) is 0 Å². The summed E-state index contributed by atoms with van der Waals surface area (Å²) in [5.74, 6) is 1.16. The molecule has 0 aliphatic heterocycles. The Hall–Kier alpha value is -2.22. The van der Waals surface area contributed by atoms with Crippen LogP contribution in [0.3, 0.4) is 0 Å². The van der Waals surface area contributed by atoms with Crippen LogP contribution < -0.4 is 0 Å². The van der Waals surface area contributed by atoms with Gasteiger partial charge in [-0.05, 0) is 29.0 Å². The molecule has 27 heavy (non-hydrogen) atoms. The highest BCUT2D eigenvalue weighted by atomic mass is 32.2. The van der Waals surface area contributed by atoms with E-state index in [1.165, 1.54) is 16.6 Å². The van der Waals surface area contributed by atoms with Gasteiger partial charge in [0.15, 0.2) is 5.82 Å². The quantitative estimate of drug-likeness (QED) is 0.324. The molecule has 0 saturated carbocycles. The number of rotatable bonds is 6. The minimum atomic E-state index is 0.0915. The maximum Gasteiger partial charge on any atom is 0.233 e. The molecule has 136 valence electrons. The van der Waals surface area contributed by atoms with Gasteiger partial charge in [-0.15, -0.1) is 22.7 Å². The van der Waals surface area contributed by atoms with Gasteiger partial charge in [0.25, 0.3) is 0 Å². The van der Waals surface area contributed by atoms with Crippen molar-refractivity contribution in [1.82, 2.24) is 14.9 Å². The fourth-order valence-electron chi connectivity index (χ4n) is 2.64. The van der Waals surface area contributed by atoms with Crippen LogP contribution in [-0.2, 0) is 11.3 Å². The lowest BCUT2D eigenvalue weighted by molar-refractivity contribution is -0.127. The van der Waals surface area contributed by atoms with Crippen molar-refractivity contribution >= 4 is 51.2 Å². The minimum absolute atomic E-state index is 0.0915. The first-order valence-corrected chi connectivity index (χ1v) is 11.1. The van der Waals surface area contributed by atoms with Crippen molar-refractivity contribution in [2.45, 2.75) is 11.6 Å². The van der Waals surface area contributed by atoms with Gasteiger partial charge < -0.3 is 4.90 Å². The average Bonchev–Trinajstić information content (AvgIpc) is 3.39. The van der Waals surface area contributed by atoms with Gasteiger partial charge in [0.2, 0.25) is 5.91 Å². The number of carbonyl (C=O) groups is 1. The third kappa shape index (κ3) is 4.21. The Morgan fingerprint density at radius 3 is 2.63 bits per heavy atom. The van der Waals surface area contributed by atoms with Gasteiger partial charge in [0.05, 0.1) is 22.7 Å². The number of nitrogens with zero attached hydrogens (tertiary/aromatic N) is 3. The normalized spacial score (nSPS) is 11.0. The Morgan fingerprint density at radius 1 is 1.04 bits per heavy atom. The van der Waals surface area contributed by atoms with Gasteiger partial charge in [-0.3, -0.25) is 4.79 Å². The summed E-state index contributed by atoms with van der Waals surface area (Å²) >= 11 is 4.76. The van der Waals surface area contributed by atoms with E-state index < -0.39 is 0 Å². The first-order valence-electron chi connectivity index (χ1n) is 8.40. The molecule has 4 nitrogen and oxygen atoms in total. The SMILES string of the molecule is CN(Cc1cccs1)C(=O)CSc1nc(-c2cccs2)nc2ccccc12. The molecule has 1 amide bonds. The number of para-hydroxylation sites is 1. The molecule has 0 saturated heterocycles. The molecule has 3 heterocycles. The zero-order valence-corrected chi connectivity index (χ0v) is 17.1. The summed E-state index contributed by atoms with van der Waals surface area (Å²) in [6, 6.07) is 16.0. The number of benzene rings is 1. The van der Waals surface area contributed by atoms with E-state index in [-0.39, 0.29) is 5.91 Å². The molecule has 0 bridgehead atoms. The number of aromatic nitrogens is 2. The molecule has 0 spiro atoms. The van der Waals surface area contributed by atoms with Gasteiger partial charge in [-0.1, -0.05) is 42.1 Å². The predicted molar refractivity (Wildman–Crippen MR) is 114 cm³/mol. The van der Waals surface area contributed by atoms with E-state index in [9.17, 15) is 4.79 Å². The Morgan fingerprint density at radius 2 is 1.85 bits per heavy atom. The molecule has 0 aliphatic rings. The fourth-order valence-corrected chi connectivity index (χ4v) is 5.01. The molecule has 0 unspecified atom stereocenters. The molecule has 7 heteroatoms. The van der Waals surface area contributed by atoms with E-state index >= 15 is 0 Å². The molecule has 0 atom stereocenters. The molecule has 4 aromatic rings. The van der Waals surface area contributed by atoms with Crippen molar-refractivity contribution in [3.63, 3.8) is 0 Å². The molecule has 3 aromatic heterocycles. The van der Waals surface area contributed by atoms with Gasteiger partial charge in [0.1, 0.15) is 5.03 Å². The monoisotopic (exact) mass is 411 g/mol. The van der Waals surface area contributed by atoms with Crippen LogP contribution in [0.15, 0.2) is 64.3 Å². The minimum Gasteiger partial charge on any atom is -0.340 e. The summed E-state index contributed by atoms with van der Waals surface area (Å²) in [7, 11) is 1.85. The van der Waals surface area contributed by atoms with Crippen molar-refractivity contribution in [3.8, 4) is 10.7 Å². The Balaban J connectivity index is 1.55. The van der Waals surface area contributed by atoms with Gasteiger partial charge in [-0.2, -0.15) is 0 Å². The average molecular weight is 412 g/mol. The first kappa shape index (κ1) is 18.2. The van der Waals surface area contributed by atoms with Crippen LogP contribution in [0, 0.1) is 0 Å². The predicted octanol–water partition coefficient (Wildman–Crippen LogP) is 5.17. The zero-order chi connectivity index (χ0) is 18.6. The van der Waals surface area contributed by atoms with E-state index in [0.29, 0.717) is 18.1 Å². The van der Waals surface area contributed by atoms with E-state index in [1.54, 1.807) is 27.6 Å². The molecule has 0 aliphatic carbocycles. The van der Waals surface area contributed by atoms with Gasteiger partial charge in [0, 0.05) is 17.3 Å². The molecule has 0 fully saturated rings. The number of fused-ring (bicyclic) bond motifs is 1. The van der Waals surface area contributed by atoms with Crippen LogP contribution in [0.5, 0.6) is 0 Å². The van der Waals surface area contributed by atoms with Crippen LogP contribution in [0.2, 0.25) is 0 Å². The highest BCUT2D eigenvalue weighted by Gasteiger charge is 2.14. The van der Waals surface area contributed by atoms with E-state index in [4.69, 9.17) is 4.98 Å². The zero-order valence-electron chi connectivity index (χ0n) is 14.7. The molecular formula is C20H17N3OS3. The lowest BCUT2D eigenvalue weighted by atomic mass is 10.2.